The quantitative estimate of drug-likeness (QED) is 0.907. The van der Waals surface area contributed by atoms with Crippen LogP contribution in [0.5, 0.6) is 0 Å². The van der Waals surface area contributed by atoms with Gasteiger partial charge in [0.05, 0.1) is 17.8 Å². The Morgan fingerprint density at radius 2 is 2.19 bits per heavy atom. The summed E-state index contributed by atoms with van der Waals surface area (Å²) in [5.74, 6) is 0.474. The number of hydrogen-bond donors (Lipinski definition) is 1. The van der Waals surface area contributed by atoms with Crippen LogP contribution in [0.4, 0.5) is 0 Å². The average molecular weight is 308 g/mol. The first-order valence-electron chi connectivity index (χ1n) is 8.26. The zero-order chi connectivity index (χ0) is 15.1. The van der Waals surface area contributed by atoms with E-state index in [9.17, 15) is 5.11 Å². The summed E-state index contributed by atoms with van der Waals surface area (Å²) in [7, 11) is 0. The van der Waals surface area contributed by atoms with Crippen molar-refractivity contribution in [2.45, 2.75) is 70.4 Å². The van der Waals surface area contributed by atoms with Gasteiger partial charge in [-0.25, -0.2) is 4.98 Å². The standard InChI is InChI=1S/C17H28N2OS/c1-16(2,3)14-12-21-15(18-14)11-19-9-8-17(20)7-5-4-6-13(17)10-19/h12-13,20H,4-11H2,1-3H3. The van der Waals surface area contributed by atoms with Gasteiger partial charge in [0.2, 0.25) is 0 Å². The molecule has 2 atom stereocenters. The van der Waals surface area contributed by atoms with Crippen molar-refractivity contribution >= 4 is 11.3 Å². The molecular formula is C17H28N2OS. The first kappa shape index (κ1) is 15.4. The van der Waals surface area contributed by atoms with Gasteiger partial charge < -0.3 is 5.11 Å². The average Bonchev–Trinajstić information content (AvgIpc) is 2.87. The number of aliphatic hydroxyl groups is 1. The lowest BCUT2D eigenvalue weighted by molar-refractivity contribution is -0.0968. The van der Waals surface area contributed by atoms with E-state index in [0.717, 1.165) is 32.5 Å². The van der Waals surface area contributed by atoms with Gasteiger partial charge in [0.15, 0.2) is 0 Å². The minimum Gasteiger partial charge on any atom is -0.390 e. The molecule has 0 bridgehead atoms. The molecule has 118 valence electrons. The maximum Gasteiger partial charge on any atom is 0.107 e. The van der Waals surface area contributed by atoms with Crippen LogP contribution >= 0.6 is 11.3 Å². The second kappa shape index (κ2) is 5.64. The van der Waals surface area contributed by atoms with E-state index in [0.29, 0.717) is 5.92 Å². The number of aromatic nitrogens is 1. The van der Waals surface area contributed by atoms with Gasteiger partial charge in [-0.2, -0.15) is 0 Å². The maximum absolute atomic E-state index is 10.7. The minimum absolute atomic E-state index is 0.139. The molecule has 2 aliphatic rings. The maximum atomic E-state index is 10.7. The molecular weight excluding hydrogens is 280 g/mol. The second-order valence-electron chi connectivity index (χ2n) is 7.91. The Bertz CT molecular complexity index is 493. The molecule has 4 heteroatoms. The number of hydrogen-bond acceptors (Lipinski definition) is 4. The molecule has 1 N–H and O–H groups in total. The van der Waals surface area contributed by atoms with Crippen LogP contribution in [0, 0.1) is 5.92 Å². The Kier molecular flexibility index (Phi) is 4.15. The van der Waals surface area contributed by atoms with Crippen LogP contribution in [0.2, 0.25) is 0 Å². The number of likely N-dealkylation sites (tertiary alicyclic amines) is 1. The summed E-state index contributed by atoms with van der Waals surface area (Å²) >= 11 is 1.78. The van der Waals surface area contributed by atoms with Crippen LogP contribution in [0.1, 0.15) is 63.6 Å². The molecule has 3 rings (SSSR count). The zero-order valence-electron chi connectivity index (χ0n) is 13.6. The molecule has 0 spiro atoms. The van der Waals surface area contributed by atoms with E-state index in [1.807, 2.05) is 0 Å². The lowest BCUT2D eigenvalue weighted by Gasteiger charge is -2.47. The summed E-state index contributed by atoms with van der Waals surface area (Å²) in [6, 6.07) is 0. The van der Waals surface area contributed by atoms with Crippen molar-refractivity contribution in [1.82, 2.24) is 9.88 Å². The number of nitrogens with zero attached hydrogens (tertiary/aromatic N) is 2. The monoisotopic (exact) mass is 308 g/mol. The fourth-order valence-corrected chi connectivity index (χ4v) is 4.76. The number of piperidine rings is 1. The Morgan fingerprint density at radius 1 is 1.38 bits per heavy atom. The highest BCUT2D eigenvalue weighted by Crippen LogP contribution is 2.40. The molecule has 1 aromatic heterocycles. The van der Waals surface area contributed by atoms with Gasteiger partial charge in [0.1, 0.15) is 5.01 Å². The topological polar surface area (TPSA) is 36.4 Å². The van der Waals surface area contributed by atoms with Crippen molar-refractivity contribution in [1.29, 1.82) is 0 Å². The predicted molar refractivity (Wildman–Crippen MR) is 87.6 cm³/mol. The van der Waals surface area contributed by atoms with Gasteiger partial charge >= 0.3 is 0 Å². The Balaban J connectivity index is 1.63. The Hall–Kier alpha value is -0.450. The predicted octanol–water partition coefficient (Wildman–Crippen LogP) is 3.57. The third kappa shape index (κ3) is 3.33. The zero-order valence-corrected chi connectivity index (χ0v) is 14.4. The van der Waals surface area contributed by atoms with Crippen molar-refractivity contribution in [2.75, 3.05) is 13.1 Å². The Morgan fingerprint density at radius 3 is 2.90 bits per heavy atom. The van der Waals surface area contributed by atoms with E-state index < -0.39 is 0 Å². The molecule has 1 aromatic rings. The van der Waals surface area contributed by atoms with Crippen molar-refractivity contribution in [2.24, 2.45) is 5.92 Å². The van der Waals surface area contributed by atoms with E-state index >= 15 is 0 Å². The molecule has 2 fully saturated rings. The number of thiazole rings is 1. The molecule has 2 unspecified atom stereocenters. The highest BCUT2D eigenvalue weighted by atomic mass is 32.1. The van der Waals surface area contributed by atoms with Crippen molar-refractivity contribution in [3.8, 4) is 0 Å². The van der Waals surface area contributed by atoms with Gasteiger partial charge in [-0.3, -0.25) is 4.90 Å². The van der Waals surface area contributed by atoms with E-state index in [4.69, 9.17) is 4.98 Å². The summed E-state index contributed by atoms with van der Waals surface area (Å²) in [4.78, 5) is 7.31. The molecule has 0 radical (unpaired) electrons. The van der Waals surface area contributed by atoms with Crippen molar-refractivity contribution in [3.05, 3.63) is 16.1 Å². The van der Waals surface area contributed by atoms with Crippen LogP contribution in [-0.2, 0) is 12.0 Å². The normalized spacial score (nSPS) is 31.1. The van der Waals surface area contributed by atoms with E-state index in [1.165, 1.54) is 30.0 Å². The molecule has 1 aliphatic carbocycles. The molecule has 2 heterocycles. The van der Waals surface area contributed by atoms with Gasteiger partial charge in [-0.15, -0.1) is 11.3 Å². The number of fused-ring (bicyclic) bond motifs is 1. The largest absolute Gasteiger partial charge is 0.390 e. The molecule has 1 aliphatic heterocycles. The summed E-state index contributed by atoms with van der Waals surface area (Å²) in [6.45, 7) is 9.66. The lowest BCUT2D eigenvalue weighted by Crippen LogP contribution is -2.52. The summed E-state index contributed by atoms with van der Waals surface area (Å²) in [5, 5.41) is 14.2. The van der Waals surface area contributed by atoms with Crippen LogP contribution in [0.3, 0.4) is 0 Å². The Labute approximate surface area is 132 Å². The third-order valence-corrected chi connectivity index (χ3v) is 6.02. The molecule has 0 aromatic carbocycles. The third-order valence-electron chi connectivity index (χ3n) is 5.19. The van der Waals surface area contributed by atoms with E-state index in [-0.39, 0.29) is 11.0 Å². The lowest BCUT2D eigenvalue weighted by atomic mass is 9.71. The van der Waals surface area contributed by atoms with Crippen molar-refractivity contribution < 1.29 is 5.11 Å². The van der Waals surface area contributed by atoms with Crippen LogP contribution in [-0.4, -0.2) is 33.7 Å². The van der Waals surface area contributed by atoms with Crippen LogP contribution < -0.4 is 0 Å². The first-order valence-corrected chi connectivity index (χ1v) is 9.14. The van der Waals surface area contributed by atoms with E-state index in [1.54, 1.807) is 11.3 Å². The summed E-state index contributed by atoms with van der Waals surface area (Å²) in [5.41, 5.74) is 0.975. The highest BCUT2D eigenvalue weighted by molar-refractivity contribution is 7.09. The molecule has 21 heavy (non-hydrogen) atoms. The fraction of sp³-hybridized carbons (Fsp3) is 0.824. The first-order chi connectivity index (χ1) is 9.87. The summed E-state index contributed by atoms with van der Waals surface area (Å²) < 4.78 is 0. The van der Waals surface area contributed by atoms with Crippen molar-refractivity contribution in [3.63, 3.8) is 0 Å². The molecule has 1 saturated carbocycles. The molecule has 3 nitrogen and oxygen atoms in total. The molecule has 1 saturated heterocycles. The SMILES string of the molecule is CC(C)(C)c1csc(CN2CCC3(O)CCCCC3C2)n1. The van der Waals surface area contributed by atoms with Crippen LogP contribution in [0.15, 0.2) is 5.38 Å². The second-order valence-corrected chi connectivity index (χ2v) is 8.85. The van der Waals surface area contributed by atoms with Crippen LogP contribution in [0.25, 0.3) is 0 Å². The minimum atomic E-state index is -0.367. The summed E-state index contributed by atoms with van der Waals surface area (Å²) in [6.07, 6.45) is 5.63. The highest BCUT2D eigenvalue weighted by Gasteiger charge is 2.42. The fourth-order valence-electron chi connectivity index (χ4n) is 3.70. The van der Waals surface area contributed by atoms with Gasteiger partial charge in [0, 0.05) is 29.8 Å². The van der Waals surface area contributed by atoms with Gasteiger partial charge in [-0.05, 0) is 19.3 Å². The smallest absolute Gasteiger partial charge is 0.107 e. The molecule has 0 amide bonds. The van der Waals surface area contributed by atoms with Gasteiger partial charge in [-0.1, -0.05) is 33.6 Å². The van der Waals surface area contributed by atoms with Gasteiger partial charge in [0.25, 0.3) is 0 Å². The van der Waals surface area contributed by atoms with E-state index in [2.05, 4.69) is 31.1 Å². The number of rotatable bonds is 2.